The molecule has 1 heteroatoms. The van der Waals surface area contributed by atoms with Crippen LogP contribution in [0.15, 0.2) is 0 Å². The quantitative estimate of drug-likeness (QED) is 0.576. The van der Waals surface area contributed by atoms with Gasteiger partial charge in [0.1, 0.15) is 0 Å². The molecule has 1 aliphatic heterocycles. The second kappa shape index (κ2) is 2.54. The summed E-state index contributed by atoms with van der Waals surface area (Å²) in [7, 11) is 0. The molecule has 0 radical (unpaired) electrons. The van der Waals surface area contributed by atoms with Crippen LogP contribution < -0.4 is 0 Å². The van der Waals surface area contributed by atoms with Gasteiger partial charge in [-0.25, -0.2) is 0 Å². The van der Waals surface area contributed by atoms with Gasteiger partial charge in [-0.3, -0.25) is 0 Å². The highest BCUT2D eigenvalue weighted by atomic mass is 16.5. The summed E-state index contributed by atoms with van der Waals surface area (Å²) in [6.07, 6.45) is 3.02. The highest BCUT2D eigenvalue weighted by molar-refractivity contribution is 4.85. The molecule has 1 saturated heterocycles. The van der Waals surface area contributed by atoms with Crippen LogP contribution in [0.1, 0.15) is 40.5 Å². The summed E-state index contributed by atoms with van der Waals surface area (Å²) in [4.78, 5) is 0. The zero-order valence-electron chi connectivity index (χ0n) is 7.48. The molecule has 1 fully saturated rings. The Bertz CT molecular complexity index is 105. The van der Waals surface area contributed by atoms with E-state index in [2.05, 4.69) is 27.7 Å². The normalized spacial score (nSPS) is 30.3. The zero-order chi connectivity index (χ0) is 7.78. The predicted molar refractivity (Wildman–Crippen MR) is 43.0 cm³/mol. The first-order chi connectivity index (χ1) is 4.49. The van der Waals surface area contributed by atoms with Gasteiger partial charge in [-0.15, -0.1) is 0 Å². The molecule has 1 nitrogen and oxygen atoms in total. The largest absolute Gasteiger partial charge is 0.372 e. The van der Waals surface area contributed by atoms with Crippen LogP contribution in [0.5, 0.6) is 0 Å². The second-order valence-corrected chi connectivity index (χ2v) is 4.33. The Hall–Kier alpha value is -0.0400. The first-order valence-electron chi connectivity index (χ1n) is 4.17. The van der Waals surface area contributed by atoms with Crippen molar-refractivity contribution in [3.8, 4) is 0 Å². The molecule has 0 spiro atoms. The smallest absolute Gasteiger partial charge is 0.0655 e. The SMILES string of the molecule is CC(C)CC1CC(C)(C)O1. The fourth-order valence-corrected chi connectivity index (χ4v) is 1.65. The first kappa shape index (κ1) is 8.06. The maximum absolute atomic E-state index is 5.64. The van der Waals surface area contributed by atoms with Gasteiger partial charge >= 0.3 is 0 Å². The number of hydrogen-bond donors (Lipinski definition) is 0. The predicted octanol–water partition coefficient (Wildman–Crippen LogP) is 2.60. The molecular weight excluding hydrogens is 124 g/mol. The molecule has 1 heterocycles. The van der Waals surface area contributed by atoms with Gasteiger partial charge in [0.25, 0.3) is 0 Å². The summed E-state index contributed by atoms with van der Waals surface area (Å²) in [5, 5.41) is 0. The second-order valence-electron chi connectivity index (χ2n) is 4.33. The van der Waals surface area contributed by atoms with Gasteiger partial charge in [-0.2, -0.15) is 0 Å². The molecular formula is C9H18O. The van der Waals surface area contributed by atoms with Crippen molar-refractivity contribution in [3.05, 3.63) is 0 Å². The molecule has 0 saturated carbocycles. The van der Waals surface area contributed by atoms with Crippen molar-refractivity contribution in [2.75, 3.05) is 0 Å². The van der Waals surface area contributed by atoms with Crippen molar-refractivity contribution in [1.29, 1.82) is 0 Å². The molecule has 0 bridgehead atoms. The van der Waals surface area contributed by atoms with Crippen LogP contribution in [0.25, 0.3) is 0 Å². The molecule has 0 amide bonds. The molecule has 0 aromatic rings. The average molecular weight is 142 g/mol. The Morgan fingerprint density at radius 1 is 1.50 bits per heavy atom. The molecule has 0 aliphatic carbocycles. The first-order valence-corrected chi connectivity index (χ1v) is 4.17. The minimum atomic E-state index is 0.180. The van der Waals surface area contributed by atoms with E-state index in [9.17, 15) is 0 Å². The van der Waals surface area contributed by atoms with E-state index in [1.807, 2.05) is 0 Å². The van der Waals surface area contributed by atoms with Gasteiger partial charge < -0.3 is 4.74 Å². The van der Waals surface area contributed by atoms with Crippen LogP contribution in [0.2, 0.25) is 0 Å². The van der Waals surface area contributed by atoms with E-state index in [1.54, 1.807) is 0 Å². The van der Waals surface area contributed by atoms with Gasteiger partial charge in [0.15, 0.2) is 0 Å². The maximum Gasteiger partial charge on any atom is 0.0655 e. The van der Waals surface area contributed by atoms with Crippen LogP contribution in [-0.2, 0) is 4.74 Å². The number of ether oxygens (including phenoxy) is 1. The van der Waals surface area contributed by atoms with E-state index in [0.29, 0.717) is 6.10 Å². The van der Waals surface area contributed by atoms with E-state index in [0.717, 1.165) is 5.92 Å². The monoisotopic (exact) mass is 142 g/mol. The van der Waals surface area contributed by atoms with Crippen molar-refractivity contribution in [2.45, 2.75) is 52.2 Å². The average Bonchev–Trinajstić information content (AvgIpc) is 1.57. The molecule has 1 unspecified atom stereocenters. The van der Waals surface area contributed by atoms with Gasteiger partial charge in [0, 0.05) is 6.42 Å². The van der Waals surface area contributed by atoms with E-state index >= 15 is 0 Å². The number of rotatable bonds is 2. The molecule has 0 N–H and O–H groups in total. The van der Waals surface area contributed by atoms with Crippen molar-refractivity contribution >= 4 is 0 Å². The lowest BCUT2D eigenvalue weighted by molar-refractivity contribution is -0.189. The highest BCUT2D eigenvalue weighted by Gasteiger charge is 2.36. The van der Waals surface area contributed by atoms with Crippen molar-refractivity contribution in [1.82, 2.24) is 0 Å². The van der Waals surface area contributed by atoms with Crippen molar-refractivity contribution < 1.29 is 4.74 Å². The summed E-state index contributed by atoms with van der Waals surface area (Å²) in [6.45, 7) is 8.80. The zero-order valence-corrected chi connectivity index (χ0v) is 7.48. The fraction of sp³-hybridized carbons (Fsp3) is 1.00. The summed E-state index contributed by atoms with van der Waals surface area (Å²) >= 11 is 0. The molecule has 1 rings (SSSR count). The summed E-state index contributed by atoms with van der Waals surface area (Å²) in [6, 6.07) is 0. The van der Waals surface area contributed by atoms with Gasteiger partial charge in [-0.1, -0.05) is 13.8 Å². The van der Waals surface area contributed by atoms with Crippen LogP contribution in [0.3, 0.4) is 0 Å². The van der Waals surface area contributed by atoms with Crippen LogP contribution in [0.4, 0.5) is 0 Å². The van der Waals surface area contributed by atoms with Crippen molar-refractivity contribution in [2.24, 2.45) is 5.92 Å². The third kappa shape index (κ3) is 1.98. The van der Waals surface area contributed by atoms with Gasteiger partial charge in [0.05, 0.1) is 11.7 Å². The molecule has 10 heavy (non-hydrogen) atoms. The minimum Gasteiger partial charge on any atom is -0.372 e. The third-order valence-electron chi connectivity index (χ3n) is 1.94. The topological polar surface area (TPSA) is 9.23 Å². The van der Waals surface area contributed by atoms with Crippen molar-refractivity contribution in [3.63, 3.8) is 0 Å². The molecule has 60 valence electrons. The highest BCUT2D eigenvalue weighted by Crippen LogP contribution is 2.34. The van der Waals surface area contributed by atoms with Crippen LogP contribution in [-0.4, -0.2) is 11.7 Å². The standard InChI is InChI=1S/C9H18O/c1-7(2)5-8-6-9(3,4)10-8/h7-8H,5-6H2,1-4H3. The minimum absolute atomic E-state index is 0.180. The van der Waals surface area contributed by atoms with E-state index in [-0.39, 0.29) is 5.60 Å². The fourth-order valence-electron chi connectivity index (χ4n) is 1.65. The van der Waals surface area contributed by atoms with Gasteiger partial charge in [-0.05, 0) is 26.2 Å². The van der Waals surface area contributed by atoms with Crippen LogP contribution in [0, 0.1) is 5.92 Å². The lowest BCUT2D eigenvalue weighted by atomic mass is 9.88. The van der Waals surface area contributed by atoms with E-state index in [4.69, 9.17) is 4.74 Å². The lowest BCUT2D eigenvalue weighted by Gasteiger charge is -2.43. The molecule has 0 aromatic heterocycles. The lowest BCUT2D eigenvalue weighted by Crippen LogP contribution is -2.45. The maximum atomic E-state index is 5.64. The Morgan fingerprint density at radius 2 is 2.00 bits per heavy atom. The van der Waals surface area contributed by atoms with Gasteiger partial charge in [0.2, 0.25) is 0 Å². The Morgan fingerprint density at radius 3 is 2.30 bits per heavy atom. The summed E-state index contributed by atoms with van der Waals surface area (Å²) in [5.74, 6) is 0.779. The van der Waals surface area contributed by atoms with Crippen LogP contribution >= 0.6 is 0 Å². The van der Waals surface area contributed by atoms with E-state index < -0.39 is 0 Å². The number of hydrogen-bond acceptors (Lipinski definition) is 1. The molecule has 1 atom stereocenters. The third-order valence-corrected chi connectivity index (χ3v) is 1.94. The Balaban J connectivity index is 2.15. The summed E-state index contributed by atoms with van der Waals surface area (Å²) in [5.41, 5.74) is 0.180. The Kier molecular flexibility index (Phi) is 2.04. The molecule has 0 aromatic carbocycles. The van der Waals surface area contributed by atoms with E-state index in [1.165, 1.54) is 12.8 Å². The molecule has 1 aliphatic rings. The Labute approximate surface area is 63.8 Å². The summed E-state index contributed by atoms with van der Waals surface area (Å²) < 4.78 is 5.64.